The molecule has 1 N–H and O–H groups in total. The molecule has 0 saturated carbocycles. The first kappa shape index (κ1) is 20.0. The zero-order valence-electron chi connectivity index (χ0n) is 16.9. The molecule has 0 aliphatic carbocycles. The van der Waals surface area contributed by atoms with Crippen LogP contribution in [-0.2, 0) is 11.2 Å². The summed E-state index contributed by atoms with van der Waals surface area (Å²) in [5, 5.41) is 9.84. The van der Waals surface area contributed by atoms with Gasteiger partial charge in [0.25, 0.3) is 0 Å². The van der Waals surface area contributed by atoms with E-state index >= 15 is 0 Å². The molecule has 154 valence electrons. The van der Waals surface area contributed by atoms with Crippen molar-refractivity contribution in [2.45, 2.75) is 12.5 Å². The molecule has 0 aromatic heterocycles. The van der Waals surface area contributed by atoms with Crippen molar-refractivity contribution < 1.29 is 14.6 Å². The van der Waals surface area contributed by atoms with Gasteiger partial charge in [-0.1, -0.05) is 48.5 Å². The van der Waals surface area contributed by atoms with Gasteiger partial charge in [-0.2, -0.15) is 0 Å². The lowest BCUT2D eigenvalue weighted by molar-refractivity contribution is -0.143. The van der Waals surface area contributed by atoms with Crippen LogP contribution < -0.4 is 9.64 Å². The number of nitrogens with zero attached hydrogens (tertiary/aromatic N) is 2. The van der Waals surface area contributed by atoms with Crippen LogP contribution in [0.1, 0.15) is 5.56 Å². The Morgan fingerprint density at radius 1 is 0.800 bits per heavy atom. The highest BCUT2D eigenvalue weighted by atomic mass is 16.5. The standard InChI is InChI=1S/C25H26N2O3/c28-25(29)24(27-17-15-26(16-18-27)21-7-3-1-4-8-21)19-20-11-13-23(14-12-20)30-22-9-5-2-6-10-22/h1-14,24H,15-19H2,(H,28,29)/t24-/m0/s1. The smallest absolute Gasteiger partial charge is 0.321 e. The molecule has 5 nitrogen and oxygen atoms in total. The second-order valence-electron chi connectivity index (χ2n) is 7.48. The zero-order valence-corrected chi connectivity index (χ0v) is 16.9. The second kappa shape index (κ2) is 9.46. The summed E-state index contributed by atoms with van der Waals surface area (Å²) >= 11 is 0. The van der Waals surface area contributed by atoms with Crippen molar-refractivity contribution in [1.29, 1.82) is 0 Å². The third-order valence-electron chi connectivity index (χ3n) is 5.49. The predicted octanol–water partition coefficient (Wildman–Crippen LogP) is 4.30. The number of ether oxygens (including phenoxy) is 1. The molecule has 0 radical (unpaired) electrons. The van der Waals surface area contributed by atoms with Crippen LogP contribution in [0.25, 0.3) is 0 Å². The van der Waals surface area contributed by atoms with E-state index in [1.807, 2.05) is 72.8 Å². The van der Waals surface area contributed by atoms with E-state index in [9.17, 15) is 9.90 Å². The molecular formula is C25H26N2O3. The molecule has 0 amide bonds. The Balaban J connectivity index is 1.36. The first-order valence-electron chi connectivity index (χ1n) is 10.3. The van der Waals surface area contributed by atoms with Gasteiger partial charge in [0, 0.05) is 31.9 Å². The minimum atomic E-state index is -0.771. The molecule has 0 unspecified atom stereocenters. The molecule has 3 aromatic carbocycles. The Morgan fingerprint density at radius 3 is 1.97 bits per heavy atom. The number of para-hydroxylation sites is 2. The number of aliphatic carboxylic acids is 1. The van der Waals surface area contributed by atoms with Crippen molar-refractivity contribution in [2.75, 3.05) is 31.1 Å². The fourth-order valence-corrected chi connectivity index (χ4v) is 3.84. The highest BCUT2D eigenvalue weighted by molar-refractivity contribution is 5.74. The van der Waals surface area contributed by atoms with Gasteiger partial charge >= 0.3 is 5.97 Å². The highest BCUT2D eigenvalue weighted by Crippen LogP contribution is 2.23. The van der Waals surface area contributed by atoms with Gasteiger partial charge in [0.2, 0.25) is 0 Å². The summed E-state index contributed by atoms with van der Waals surface area (Å²) < 4.78 is 5.82. The quantitative estimate of drug-likeness (QED) is 0.639. The van der Waals surface area contributed by atoms with Crippen LogP contribution in [0.15, 0.2) is 84.9 Å². The van der Waals surface area contributed by atoms with Crippen molar-refractivity contribution in [3.8, 4) is 11.5 Å². The molecule has 3 aromatic rings. The third-order valence-corrected chi connectivity index (χ3v) is 5.49. The predicted molar refractivity (Wildman–Crippen MR) is 118 cm³/mol. The maximum Gasteiger partial charge on any atom is 0.321 e. The average Bonchev–Trinajstić information content (AvgIpc) is 2.80. The molecule has 1 aliphatic heterocycles. The Bertz CT molecular complexity index is 937. The average molecular weight is 402 g/mol. The summed E-state index contributed by atoms with van der Waals surface area (Å²) in [7, 11) is 0. The topological polar surface area (TPSA) is 53.0 Å². The molecular weight excluding hydrogens is 376 g/mol. The number of rotatable bonds is 7. The summed E-state index contributed by atoms with van der Waals surface area (Å²) in [4.78, 5) is 16.4. The normalized spacial score (nSPS) is 15.5. The summed E-state index contributed by atoms with van der Waals surface area (Å²) in [5.74, 6) is 0.756. The molecule has 1 fully saturated rings. The lowest BCUT2D eigenvalue weighted by atomic mass is 10.0. The van der Waals surface area contributed by atoms with Gasteiger partial charge < -0.3 is 14.7 Å². The van der Waals surface area contributed by atoms with Gasteiger partial charge in [-0.3, -0.25) is 9.69 Å². The van der Waals surface area contributed by atoms with Gasteiger partial charge in [0.1, 0.15) is 17.5 Å². The Hall–Kier alpha value is -3.31. The van der Waals surface area contributed by atoms with Crippen molar-refractivity contribution in [3.63, 3.8) is 0 Å². The van der Waals surface area contributed by atoms with E-state index in [0.29, 0.717) is 6.42 Å². The second-order valence-corrected chi connectivity index (χ2v) is 7.48. The Labute approximate surface area is 177 Å². The molecule has 5 heteroatoms. The summed E-state index contributed by atoms with van der Waals surface area (Å²) in [6.45, 7) is 3.14. The summed E-state index contributed by atoms with van der Waals surface area (Å²) in [6.07, 6.45) is 0.478. The van der Waals surface area contributed by atoms with E-state index in [0.717, 1.165) is 43.2 Å². The monoisotopic (exact) mass is 402 g/mol. The van der Waals surface area contributed by atoms with E-state index in [4.69, 9.17) is 4.74 Å². The Morgan fingerprint density at radius 2 is 1.37 bits per heavy atom. The minimum Gasteiger partial charge on any atom is -0.480 e. The number of carboxylic acids is 1. The van der Waals surface area contributed by atoms with E-state index in [1.165, 1.54) is 5.69 Å². The number of carbonyl (C=O) groups is 1. The van der Waals surface area contributed by atoms with Crippen LogP contribution in [0, 0.1) is 0 Å². The maximum atomic E-state index is 12.0. The van der Waals surface area contributed by atoms with Crippen LogP contribution in [-0.4, -0.2) is 48.2 Å². The number of benzene rings is 3. The maximum absolute atomic E-state index is 12.0. The number of carboxylic acid groups (broad SMARTS) is 1. The van der Waals surface area contributed by atoms with Gasteiger partial charge in [0.05, 0.1) is 0 Å². The fourth-order valence-electron chi connectivity index (χ4n) is 3.84. The zero-order chi connectivity index (χ0) is 20.8. The van der Waals surface area contributed by atoms with Crippen molar-refractivity contribution >= 4 is 11.7 Å². The van der Waals surface area contributed by atoms with Gasteiger partial charge in [-0.05, 0) is 48.4 Å². The lowest BCUT2D eigenvalue weighted by Gasteiger charge is -2.38. The Kier molecular flexibility index (Phi) is 6.30. The molecule has 1 atom stereocenters. The molecule has 1 heterocycles. The van der Waals surface area contributed by atoms with Gasteiger partial charge in [0.15, 0.2) is 0 Å². The van der Waals surface area contributed by atoms with Crippen molar-refractivity contribution in [2.24, 2.45) is 0 Å². The van der Waals surface area contributed by atoms with Crippen LogP contribution in [0.5, 0.6) is 11.5 Å². The fraction of sp³-hybridized carbons (Fsp3) is 0.240. The van der Waals surface area contributed by atoms with E-state index in [-0.39, 0.29) is 0 Å². The van der Waals surface area contributed by atoms with Crippen LogP contribution in [0.4, 0.5) is 5.69 Å². The van der Waals surface area contributed by atoms with Gasteiger partial charge in [-0.15, -0.1) is 0 Å². The highest BCUT2D eigenvalue weighted by Gasteiger charge is 2.29. The summed E-state index contributed by atoms with van der Waals surface area (Å²) in [6, 6.07) is 27.1. The van der Waals surface area contributed by atoms with Crippen LogP contribution >= 0.6 is 0 Å². The number of hydrogen-bond donors (Lipinski definition) is 1. The number of piperazine rings is 1. The first-order valence-corrected chi connectivity index (χ1v) is 10.3. The van der Waals surface area contributed by atoms with Gasteiger partial charge in [-0.25, -0.2) is 0 Å². The van der Waals surface area contributed by atoms with Crippen molar-refractivity contribution in [1.82, 2.24) is 4.90 Å². The largest absolute Gasteiger partial charge is 0.480 e. The number of anilines is 1. The first-order chi connectivity index (χ1) is 14.7. The van der Waals surface area contributed by atoms with E-state index in [2.05, 4.69) is 21.9 Å². The van der Waals surface area contributed by atoms with E-state index in [1.54, 1.807) is 0 Å². The number of hydrogen-bond acceptors (Lipinski definition) is 4. The lowest BCUT2D eigenvalue weighted by Crippen LogP contribution is -2.53. The summed E-state index contributed by atoms with van der Waals surface area (Å²) in [5.41, 5.74) is 2.19. The van der Waals surface area contributed by atoms with Crippen LogP contribution in [0.3, 0.4) is 0 Å². The molecule has 4 rings (SSSR count). The molecule has 30 heavy (non-hydrogen) atoms. The molecule has 1 aliphatic rings. The minimum absolute atomic E-state index is 0.478. The van der Waals surface area contributed by atoms with Crippen LogP contribution in [0.2, 0.25) is 0 Å². The molecule has 1 saturated heterocycles. The van der Waals surface area contributed by atoms with Crippen molar-refractivity contribution in [3.05, 3.63) is 90.5 Å². The van der Waals surface area contributed by atoms with E-state index < -0.39 is 12.0 Å². The SMILES string of the molecule is O=C(O)[C@H](Cc1ccc(Oc2ccccc2)cc1)N1CCN(c2ccccc2)CC1. The third kappa shape index (κ3) is 4.99. The molecule has 0 bridgehead atoms. The molecule has 0 spiro atoms.